The molecule has 0 aromatic heterocycles. The van der Waals surface area contributed by atoms with Crippen molar-refractivity contribution in [2.24, 2.45) is 0 Å². The Hall–Kier alpha value is -1.27. The Kier molecular flexibility index (Phi) is 4.31. The Labute approximate surface area is 108 Å². The van der Waals surface area contributed by atoms with Gasteiger partial charge in [0.25, 0.3) is 0 Å². The first kappa shape index (κ1) is 14.1. The molecule has 2 rings (SSSR count). The van der Waals surface area contributed by atoms with Gasteiger partial charge in [-0.15, -0.1) is 13.2 Å². The van der Waals surface area contributed by atoms with Crippen LogP contribution >= 0.6 is 0 Å². The third kappa shape index (κ3) is 3.84. The van der Waals surface area contributed by atoms with Crippen LogP contribution in [0.4, 0.5) is 13.2 Å². The zero-order chi connectivity index (χ0) is 13.9. The highest BCUT2D eigenvalue weighted by Gasteiger charge is 2.28. The Morgan fingerprint density at radius 3 is 2.79 bits per heavy atom. The largest absolute Gasteiger partial charge is 0.522 e. The topological polar surface area (TPSA) is 38.7 Å². The van der Waals surface area contributed by atoms with Crippen LogP contribution in [0.3, 0.4) is 0 Å². The van der Waals surface area contributed by atoms with Crippen LogP contribution in [0, 0.1) is 0 Å². The van der Waals surface area contributed by atoms with Crippen LogP contribution in [0.5, 0.6) is 5.75 Å². The first-order chi connectivity index (χ1) is 8.97. The summed E-state index contributed by atoms with van der Waals surface area (Å²) in [5, 5.41) is 9.84. The second-order valence-electron chi connectivity index (χ2n) is 4.37. The molecule has 1 aliphatic carbocycles. The van der Waals surface area contributed by atoms with Gasteiger partial charge >= 0.3 is 6.36 Å². The van der Waals surface area contributed by atoms with Crippen molar-refractivity contribution in [3.05, 3.63) is 29.3 Å². The van der Waals surface area contributed by atoms with E-state index in [1.54, 1.807) is 12.1 Å². The Morgan fingerprint density at radius 2 is 2.05 bits per heavy atom. The van der Waals surface area contributed by atoms with E-state index in [0.29, 0.717) is 12.2 Å². The first-order valence-corrected chi connectivity index (χ1v) is 6.11. The molecule has 6 heteroatoms. The molecule has 1 aliphatic rings. The third-order valence-corrected chi connectivity index (χ3v) is 3.04. The highest BCUT2D eigenvalue weighted by Crippen LogP contribution is 2.35. The predicted molar refractivity (Wildman–Crippen MR) is 61.8 cm³/mol. The van der Waals surface area contributed by atoms with Gasteiger partial charge in [0.2, 0.25) is 0 Å². The number of rotatable bonds is 4. The van der Waals surface area contributed by atoms with Gasteiger partial charge in [-0.25, -0.2) is 0 Å². The number of hydrogen-bond donors (Lipinski definition) is 1. The lowest BCUT2D eigenvalue weighted by Crippen LogP contribution is -2.19. The van der Waals surface area contributed by atoms with E-state index in [1.807, 2.05) is 6.07 Å². The highest BCUT2D eigenvalue weighted by atomic mass is 19.4. The van der Waals surface area contributed by atoms with Crippen LogP contribution in [-0.4, -0.2) is 24.7 Å². The molecule has 1 N–H and O–H groups in total. The van der Waals surface area contributed by atoms with E-state index < -0.39 is 19.1 Å². The Bertz CT molecular complexity index is 432. The van der Waals surface area contributed by atoms with E-state index in [2.05, 4.69) is 4.74 Å². The molecule has 0 saturated heterocycles. The van der Waals surface area contributed by atoms with E-state index in [-0.39, 0.29) is 6.61 Å². The number of aliphatic hydroxyl groups is 1. The minimum Gasteiger partial charge on any atom is -0.491 e. The molecule has 1 unspecified atom stereocenters. The van der Waals surface area contributed by atoms with Gasteiger partial charge in [0.05, 0.1) is 12.7 Å². The average molecular weight is 276 g/mol. The molecule has 0 fully saturated rings. The van der Waals surface area contributed by atoms with Crippen molar-refractivity contribution in [1.29, 1.82) is 0 Å². The predicted octanol–water partition coefficient (Wildman–Crippen LogP) is 2.97. The summed E-state index contributed by atoms with van der Waals surface area (Å²) in [6.45, 7) is -0.720. The molecule has 0 radical (unpaired) electrons. The van der Waals surface area contributed by atoms with Gasteiger partial charge in [-0.2, -0.15) is 0 Å². The second kappa shape index (κ2) is 5.79. The summed E-state index contributed by atoms with van der Waals surface area (Å²) < 4.78 is 44.3. The minimum absolute atomic E-state index is 0.175. The monoisotopic (exact) mass is 276 g/mol. The molecule has 0 heterocycles. The molecule has 1 aromatic rings. The van der Waals surface area contributed by atoms with Crippen molar-refractivity contribution >= 4 is 0 Å². The number of alkyl halides is 3. The summed E-state index contributed by atoms with van der Waals surface area (Å²) in [4.78, 5) is 0. The molecule has 1 atom stereocenters. The van der Waals surface area contributed by atoms with Crippen molar-refractivity contribution in [1.82, 2.24) is 0 Å². The van der Waals surface area contributed by atoms with Crippen LogP contribution in [0.2, 0.25) is 0 Å². The van der Waals surface area contributed by atoms with Crippen molar-refractivity contribution in [2.45, 2.75) is 31.7 Å². The molecule has 0 spiro atoms. The number of ether oxygens (including phenoxy) is 2. The van der Waals surface area contributed by atoms with Gasteiger partial charge < -0.3 is 9.84 Å². The van der Waals surface area contributed by atoms with Gasteiger partial charge in [-0.05, 0) is 36.5 Å². The fourth-order valence-electron chi connectivity index (χ4n) is 2.23. The summed E-state index contributed by atoms with van der Waals surface area (Å²) in [6.07, 6.45) is -2.83. The van der Waals surface area contributed by atoms with E-state index in [1.165, 1.54) is 0 Å². The number of benzene rings is 1. The van der Waals surface area contributed by atoms with Crippen LogP contribution in [0.1, 0.15) is 30.1 Å². The second-order valence-corrected chi connectivity index (χ2v) is 4.37. The van der Waals surface area contributed by atoms with Gasteiger partial charge in [0.1, 0.15) is 12.4 Å². The maximum Gasteiger partial charge on any atom is 0.522 e. The number of fused-ring (bicyclic) bond motifs is 1. The molecule has 19 heavy (non-hydrogen) atoms. The van der Waals surface area contributed by atoms with Crippen molar-refractivity contribution in [2.75, 3.05) is 13.2 Å². The smallest absolute Gasteiger partial charge is 0.491 e. The Morgan fingerprint density at radius 1 is 1.26 bits per heavy atom. The fourth-order valence-corrected chi connectivity index (χ4v) is 2.23. The molecular weight excluding hydrogens is 261 g/mol. The van der Waals surface area contributed by atoms with Gasteiger partial charge in [-0.1, -0.05) is 12.1 Å². The molecule has 106 valence electrons. The molecule has 0 bridgehead atoms. The van der Waals surface area contributed by atoms with Gasteiger partial charge in [0, 0.05) is 0 Å². The molecule has 1 aromatic carbocycles. The average Bonchev–Trinajstić information content (AvgIpc) is 2.34. The summed E-state index contributed by atoms with van der Waals surface area (Å²) in [5.41, 5.74) is 1.69. The standard InChI is InChI=1S/C13H15F3O3/c14-13(15,16)19-8-7-18-12-6-2-3-9-10(12)4-1-5-11(9)17/h2-3,6,11,17H,1,4-5,7-8H2. The maximum atomic E-state index is 11.8. The normalized spacial score (nSPS) is 19.1. The molecule has 0 amide bonds. The van der Waals surface area contributed by atoms with Gasteiger partial charge in [-0.3, -0.25) is 4.74 Å². The minimum atomic E-state index is -4.63. The lowest BCUT2D eigenvalue weighted by molar-refractivity contribution is -0.325. The summed E-state index contributed by atoms with van der Waals surface area (Å²) >= 11 is 0. The van der Waals surface area contributed by atoms with Crippen LogP contribution in [-0.2, 0) is 11.2 Å². The highest BCUT2D eigenvalue weighted by molar-refractivity contribution is 5.42. The molecule has 0 aliphatic heterocycles. The van der Waals surface area contributed by atoms with E-state index in [0.717, 1.165) is 24.0 Å². The summed E-state index contributed by atoms with van der Waals surface area (Å²) in [7, 11) is 0. The summed E-state index contributed by atoms with van der Waals surface area (Å²) in [5.74, 6) is 0.530. The number of hydrogen-bond acceptors (Lipinski definition) is 3. The SMILES string of the molecule is OC1CCCc2c(OCCOC(F)(F)F)cccc21. The maximum absolute atomic E-state index is 11.8. The lowest BCUT2D eigenvalue weighted by atomic mass is 9.89. The molecule has 3 nitrogen and oxygen atoms in total. The van der Waals surface area contributed by atoms with Crippen molar-refractivity contribution < 1.29 is 27.8 Å². The number of halogens is 3. The third-order valence-electron chi connectivity index (χ3n) is 3.04. The van der Waals surface area contributed by atoms with Crippen molar-refractivity contribution in [3.63, 3.8) is 0 Å². The van der Waals surface area contributed by atoms with Gasteiger partial charge in [0.15, 0.2) is 0 Å². The molecule has 0 saturated carbocycles. The van der Waals surface area contributed by atoms with Crippen LogP contribution in [0.25, 0.3) is 0 Å². The number of aliphatic hydroxyl groups excluding tert-OH is 1. The first-order valence-electron chi connectivity index (χ1n) is 6.11. The van der Waals surface area contributed by atoms with Crippen molar-refractivity contribution in [3.8, 4) is 5.75 Å². The van der Waals surface area contributed by atoms with Crippen LogP contribution in [0.15, 0.2) is 18.2 Å². The molecular formula is C13H15F3O3. The zero-order valence-corrected chi connectivity index (χ0v) is 10.2. The van der Waals surface area contributed by atoms with E-state index >= 15 is 0 Å². The van der Waals surface area contributed by atoms with E-state index in [4.69, 9.17) is 4.74 Å². The quantitative estimate of drug-likeness (QED) is 0.859. The van der Waals surface area contributed by atoms with E-state index in [9.17, 15) is 18.3 Å². The summed E-state index contributed by atoms with van der Waals surface area (Å²) in [6, 6.07) is 5.25. The Balaban J connectivity index is 1.96. The lowest BCUT2D eigenvalue weighted by Gasteiger charge is -2.23. The zero-order valence-electron chi connectivity index (χ0n) is 10.2. The van der Waals surface area contributed by atoms with Crippen LogP contribution < -0.4 is 4.74 Å². The fraction of sp³-hybridized carbons (Fsp3) is 0.538.